The predicted octanol–water partition coefficient (Wildman–Crippen LogP) is 6.79. The summed E-state index contributed by atoms with van der Waals surface area (Å²) in [7, 11) is -0.368. The lowest BCUT2D eigenvalue weighted by molar-refractivity contribution is -0.0561. The molecule has 0 spiro atoms. The second-order valence-electron chi connectivity index (χ2n) is 14.1. The first-order valence-corrected chi connectivity index (χ1v) is 20.0. The largest absolute Gasteiger partial charge is 0.481 e. The number of aromatic nitrogens is 2. The van der Waals surface area contributed by atoms with E-state index in [1.54, 1.807) is 24.3 Å². The minimum atomic E-state index is -0.931. The number of benzene rings is 3. The molecule has 254 valence electrons. The number of fused-ring (bicyclic) bond motifs is 2. The zero-order valence-corrected chi connectivity index (χ0v) is 29.2. The number of ether oxygens (including phenoxy) is 2. The van der Waals surface area contributed by atoms with E-state index in [2.05, 4.69) is 28.1 Å². The zero-order chi connectivity index (χ0) is 33.6. The molecule has 3 atom stereocenters. The van der Waals surface area contributed by atoms with Gasteiger partial charge in [-0.15, -0.1) is 0 Å². The Morgan fingerprint density at radius 1 is 1.02 bits per heavy atom. The van der Waals surface area contributed by atoms with Crippen LogP contribution in [0.4, 0.5) is 4.39 Å². The first-order chi connectivity index (χ1) is 23.9. The van der Waals surface area contributed by atoms with Crippen LogP contribution in [0.2, 0.25) is 12.1 Å². The third-order valence-electron chi connectivity index (χ3n) is 11.0. The average molecular weight is 680 g/mol. The molecule has 8 rings (SSSR count). The van der Waals surface area contributed by atoms with Gasteiger partial charge in [0.05, 0.1) is 29.2 Å². The summed E-state index contributed by atoms with van der Waals surface area (Å²) in [5.74, 6) is 0.826. The molecule has 3 aliphatic heterocycles. The molecule has 3 aromatic carbocycles. The number of hydrogen-bond donors (Lipinski definition) is 1. The maximum Gasteiger partial charge on any atom is 0.335 e. The lowest BCUT2D eigenvalue weighted by Gasteiger charge is -2.35. The highest BCUT2D eigenvalue weighted by Gasteiger charge is 2.33. The van der Waals surface area contributed by atoms with Gasteiger partial charge in [-0.25, -0.2) is 14.2 Å². The number of ketones is 1. The molecule has 4 aliphatic rings. The van der Waals surface area contributed by atoms with E-state index in [4.69, 9.17) is 14.5 Å². The fourth-order valence-electron chi connectivity index (χ4n) is 7.78. The van der Waals surface area contributed by atoms with Gasteiger partial charge in [0, 0.05) is 45.3 Å². The SMILES string of the molecule is C[SiH2]C(Cn1c(CN2CCC(c3cccc4c3O[C@H](c3ccc(C(=O)C5CC5)cc3F)C=C4)CC2)nc2ccc(C(=O)O)cc21)C1CCO1. The third-order valence-corrected chi connectivity index (χ3v) is 12.8. The molecule has 10 heteroatoms. The van der Waals surface area contributed by atoms with Crippen LogP contribution >= 0.6 is 0 Å². The van der Waals surface area contributed by atoms with E-state index in [0.717, 1.165) is 92.1 Å². The lowest BCUT2D eigenvalue weighted by Crippen LogP contribution is -2.36. The molecular formula is C39H42FN3O5Si. The first kappa shape index (κ1) is 32.1. The number of aromatic carboxylic acids is 1. The molecule has 2 saturated heterocycles. The normalized spacial score (nSPS) is 21.8. The average Bonchev–Trinajstić information content (AvgIpc) is 3.89. The van der Waals surface area contributed by atoms with E-state index in [9.17, 15) is 14.7 Å². The molecule has 3 fully saturated rings. The molecule has 8 nitrogen and oxygen atoms in total. The number of piperidine rings is 1. The minimum Gasteiger partial charge on any atom is -0.481 e. The van der Waals surface area contributed by atoms with Gasteiger partial charge in [-0.2, -0.15) is 0 Å². The Labute approximate surface area is 287 Å². The van der Waals surface area contributed by atoms with E-state index in [-0.39, 0.29) is 26.8 Å². The Bertz CT molecular complexity index is 1940. The van der Waals surface area contributed by atoms with Crippen LogP contribution < -0.4 is 4.74 Å². The number of carboxylic acid groups (broad SMARTS) is 1. The van der Waals surface area contributed by atoms with Crippen LogP contribution in [-0.4, -0.2) is 66.6 Å². The number of nitrogens with zero attached hydrogens (tertiary/aromatic N) is 3. The van der Waals surface area contributed by atoms with Crippen LogP contribution in [0, 0.1) is 11.7 Å². The van der Waals surface area contributed by atoms with E-state index >= 15 is 4.39 Å². The van der Waals surface area contributed by atoms with Crippen molar-refractivity contribution in [1.82, 2.24) is 14.5 Å². The van der Waals surface area contributed by atoms with Crippen molar-refractivity contribution >= 4 is 38.4 Å². The highest BCUT2D eigenvalue weighted by atomic mass is 28.2. The number of rotatable bonds is 11. The summed E-state index contributed by atoms with van der Waals surface area (Å²) in [4.78, 5) is 31.8. The molecule has 0 amide bonds. The number of hydrogen-bond acceptors (Lipinski definition) is 6. The lowest BCUT2D eigenvalue weighted by atomic mass is 9.87. The standard InChI is InChI=1S/C39H42FN3O5Si/c1-49-35(34-15-18-47-34)21-43-32-20-27(39(45)46)8-11-31(32)41-36(43)22-42-16-13-23(14-17-42)28-4-2-3-25-9-12-33(48-38(25)28)29-10-7-26(19-30(29)40)37(44)24-5-6-24/h2-4,7-12,19-20,23-24,33-35H,5-6,13-18,21-22,49H2,1H3,(H,45,46)/t33-,34?,35?/m0/s1. The van der Waals surface area contributed by atoms with Gasteiger partial charge < -0.3 is 19.1 Å². The number of carboxylic acids is 1. The number of likely N-dealkylation sites (tertiary alicyclic amines) is 1. The van der Waals surface area contributed by atoms with Gasteiger partial charge in [-0.3, -0.25) is 9.69 Å². The molecule has 1 N–H and O–H groups in total. The molecule has 1 saturated carbocycles. The van der Waals surface area contributed by atoms with Crippen LogP contribution in [-0.2, 0) is 17.8 Å². The Hall–Kier alpha value is -4.12. The number of para-hydroxylation sites is 1. The van der Waals surface area contributed by atoms with Gasteiger partial charge in [-0.05, 0) is 92.6 Å². The van der Waals surface area contributed by atoms with Crippen molar-refractivity contribution in [2.45, 2.75) is 75.4 Å². The van der Waals surface area contributed by atoms with Gasteiger partial charge in [-0.1, -0.05) is 43.0 Å². The van der Waals surface area contributed by atoms with E-state index < -0.39 is 17.9 Å². The van der Waals surface area contributed by atoms with Crippen molar-refractivity contribution in [2.24, 2.45) is 5.92 Å². The van der Waals surface area contributed by atoms with Crippen LogP contribution in [0.5, 0.6) is 5.75 Å². The van der Waals surface area contributed by atoms with Crippen LogP contribution in [0.3, 0.4) is 0 Å². The Morgan fingerprint density at radius 2 is 1.82 bits per heavy atom. The third kappa shape index (κ3) is 6.37. The quantitative estimate of drug-likeness (QED) is 0.138. The molecule has 49 heavy (non-hydrogen) atoms. The topological polar surface area (TPSA) is 93.9 Å². The minimum absolute atomic E-state index is 0.0317. The number of imidazole rings is 1. The molecule has 1 aromatic heterocycles. The van der Waals surface area contributed by atoms with Gasteiger partial charge in [0.1, 0.15) is 23.5 Å². The zero-order valence-electron chi connectivity index (χ0n) is 27.8. The molecule has 4 aromatic rings. The summed E-state index contributed by atoms with van der Waals surface area (Å²) >= 11 is 0. The van der Waals surface area contributed by atoms with E-state index in [0.29, 0.717) is 35.2 Å². The summed E-state index contributed by atoms with van der Waals surface area (Å²) in [6.07, 6.45) is 8.42. The summed E-state index contributed by atoms with van der Waals surface area (Å²) in [5, 5.41) is 9.70. The van der Waals surface area contributed by atoms with Crippen molar-refractivity contribution < 1.29 is 28.6 Å². The summed E-state index contributed by atoms with van der Waals surface area (Å²) in [6, 6.07) is 16.3. The fraction of sp³-hybridized carbons (Fsp3) is 0.410. The van der Waals surface area contributed by atoms with E-state index in [1.807, 2.05) is 24.3 Å². The maximum atomic E-state index is 15.3. The molecule has 0 radical (unpaired) electrons. The van der Waals surface area contributed by atoms with Crippen molar-refractivity contribution in [1.29, 1.82) is 0 Å². The number of Topliss-reactive ketones (excluding diaryl/α,β-unsaturated/α-hetero) is 1. The molecule has 4 heterocycles. The van der Waals surface area contributed by atoms with Crippen molar-refractivity contribution in [2.75, 3.05) is 19.7 Å². The van der Waals surface area contributed by atoms with Crippen molar-refractivity contribution in [3.63, 3.8) is 0 Å². The molecule has 0 bridgehead atoms. The van der Waals surface area contributed by atoms with Crippen LogP contribution in [0.1, 0.15) is 87.4 Å². The smallest absolute Gasteiger partial charge is 0.335 e. The predicted molar refractivity (Wildman–Crippen MR) is 189 cm³/mol. The van der Waals surface area contributed by atoms with Crippen molar-refractivity contribution in [3.8, 4) is 5.75 Å². The number of halogens is 1. The highest BCUT2D eigenvalue weighted by Crippen LogP contribution is 2.42. The fourth-order valence-corrected chi connectivity index (χ4v) is 9.20. The Morgan fingerprint density at radius 3 is 2.51 bits per heavy atom. The van der Waals surface area contributed by atoms with Gasteiger partial charge >= 0.3 is 5.97 Å². The van der Waals surface area contributed by atoms with Crippen LogP contribution in [0.15, 0.2) is 60.7 Å². The molecule has 2 unspecified atom stereocenters. The van der Waals surface area contributed by atoms with Gasteiger partial charge in [0.2, 0.25) is 0 Å². The molecular weight excluding hydrogens is 638 g/mol. The first-order valence-electron chi connectivity index (χ1n) is 17.7. The van der Waals surface area contributed by atoms with Crippen molar-refractivity contribution in [3.05, 3.63) is 100 Å². The summed E-state index contributed by atoms with van der Waals surface area (Å²) in [6.45, 7) is 6.43. The second kappa shape index (κ2) is 13.3. The highest BCUT2D eigenvalue weighted by molar-refractivity contribution is 6.36. The van der Waals surface area contributed by atoms with Crippen LogP contribution in [0.25, 0.3) is 17.1 Å². The van der Waals surface area contributed by atoms with Gasteiger partial charge in [0.25, 0.3) is 0 Å². The maximum absolute atomic E-state index is 15.3. The number of carbonyl (C=O) groups is 2. The summed E-state index contributed by atoms with van der Waals surface area (Å²) in [5.41, 5.74) is 5.49. The monoisotopic (exact) mass is 679 g/mol. The number of carbonyl (C=O) groups excluding carboxylic acids is 1. The molecule has 1 aliphatic carbocycles. The Balaban J connectivity index is 0.981. The second-order valence-corrected chi connectivity index (χ2v) is 16.0. The summed E-state index contributed by atoms with van der Waals surface area (Å²) < 4.78 is 30.0. The Kier molecular flexibility index (Phi) is 8.71. The van der Waals surface area contributed by atoms with E-state index in [1.165, 1.54) is 6.07 Å². The van der Waals surface area contributed by atoms with Gasteiger partial charge in [0.15, 0.2) is 5.78 Å².